The van der Waals surface area contributed by atoms with Crippen LogP contribution in [0, 0.1) is 13.8 Å². The molecule has 0 aromatic heterocycles. The summed E-state index contributed by atoms with van der Waals surface area (Å²) in [7, 11) is 0. The first-order valence-corrected chi connectivity index (χ1v) is 14.1. The first-order valence-electron chi connectivity index (χ1n) is 14.1. The van der Waals surface area contributed by atoms with Crippen molar-refractivity contribution in [3.05, 3.63) is 107 Å². The van der Waals surface area contributed by atoms with Crippen molar-refractivity contribution >= 4 is 18.0 Å². The molecular formula is C33H39N3O6. The molecule has 1 aliphatic heterocycles. The van der Waals surface area contributed by atoms with Gasteiger partial charge in [-0.25, -0.2) is 9.59 Å². The number of benzene rings is 3. The zero-order chi connectivity index (χ0) is 30.3. The van der Waals surface area contributed by atoms with Crippen molar-refractivity contribution in [2.45, 2.75) is 57.4 Å². The number of ether oxygens (including phenoxy) is 2. The number of aliphatic carboxylic acids is 1. The second-order valence-electron chi connectivity index (χ2n) is 11.0. The highest BCUT2D eigenvalue weighted by atomic mass is 16.6. The van der Waals surface area contributed by atoms with Gasteiger partial charge in [-0.05, 0) is 50.3 Å². The molecule has 9 nitrogen and oxygen atoms in total. The van der Waals surface area contributed by atoms with E-state index in [1.54, 1.807) is 0 Å². The van der Waals surface area contributed by atoms with Gasteiger partial charge < -0.3 is 25.6 Å². The van der Waals surface area contributed by atoms with E-state index in [-0.39, 0.29) is 45.2 Å². The van der Waals surface area contributed by atoms with Gasteiger partial charge in [0, 0.05) is 0 Å². The molecule has 4 N–H and O–H groups in total. The molecule has 3 aromatic rings. The van der Waals surface area contributed by atoms with E-state index in [1.165, 1.54) is 4.90 Å². The van der Waals surface area contributed by atoms with Gasteiger partial charge in [-0.1, -0.05) is 90.0 Å². The fourth-order valence-corrected chi connectivity index (χ4v) is 5.63. The maximum absolute atomic E-state index is 13.9. The maximum atomic E-state index is 13.9. The molecule has 9 heteroatoms. The third-order valence-corrected chi connectivity index (χ3v) is 7.91. The van der Waals surface area contributed by atoms with Crippen LogP contribution in [0.5, 0.6) is 0 Å². The van der Waals surface area contributed by atoms with Crippen LogP contribution in [0.4, 0.5) is 4.79 Å². The summed E-state index contributed by atoms with van der Waals surface area (Å²) in [6, 6.07) is 24.9. The summed E-state index contributed by atoms with van der Waals surface area (Å²) in [4.78, 5) is 40.4. The number of carboxylic acid groups (broad SMARTS) is 1. The van der Waals surface area contributed by atoms with Gasteiger partial charge in [-0.15, -0.1) is 0 Å². The molecule has 2 amide bonds. The van der Waals surface area contributed by atoms with Gasteiger partial charge in [-0.2, -0.15) is 0 Å². The third-order valence-electron chi connectivity index (χ3n) is 7.91. The van der Waals surface area contributed by atoms with Crippen LogP contribution in [-0.4, -0.2) is 53.2 Å². The van der Waals surface area contributed by atoms with E-state index in [0.717, 1.165) is 27.8 Å². The number of nitrogens with zero attached hydrogens (tertiary/aromatic N) is 1. The molecule has 0 bridgehead atoms. The van der Waals surface area contributed by atoms with Gasteiger partial charge in [0.05, 0.1) is 31.3 Å². The maximum Gasteiger partial charge on any atom is 0.411 e. The van der Waals surface area contributed by atoms with Gasteiger partial charge >= 0.3 is 12.1 Å². The molecule has 1 heterocycles. The Labute approximate surface area is 246 Å². The average Bonchev–Trinajstić information content (AvgIpc) is 2.99. The Kier molecular flexibility index (Phi) is 9.65. The SMILES string of the molecule is Cc1cc(C)cc(C(C)OC[C@@]2(c3ccccc3)CCC(NC(=O)CN)(C(=O)O)CN2C(=O)OCc2ccccc2)c1. The van der Waals surface area contributed by atoms with Crippen LogP contribution in [0.15, 0.2) is 78.9 Å². The molecule has 42 heavy (non-hydrogen) atoms. The summed E-state index contributed by atoms with van der Waals surface area (Å²) in [5.41, 5.74) is 7.49. The Hall–Kier alpha value is -4.21. The summed E-state index contributed by atoms with van der Waals surface area (Å²) >= 11 is 0. The highest BCUT2D eigenvalue weighted by molar-refractivity contribution is 5.89. The Morgan fingerprint density at radius 1 is 0.976 bits per heavy atom. The lowest BCUT2D eigenvalue weighted by atomic mass is 9.74. The predicted octanol–water partition coefficient (Wildman–Crippen LogP) is 4.61. The van der Waals surface area contributed by atoms with Crippen LogP contribution in [0.1, 0.15) is 53.7 Å². The van der Waals surface area contributed by atoms with Crippen molar-refractivity contribution in [2.75, 3.05) is 19.7 Å². The molecule has 1 saturated heterocycles. The fraction of sp³-hybridized carbons (Fsp3) is 0.364. The topological polar surface area (TPSA) is 131 Å². The highest BCUT2D eigenvalue weighted by Gasteiger charge is 2.55. The monoisotopic (exact) mass is 573 g/mol. The first-order chi connectivity index (χ1) is 20.1. The lowest BCUT2D eigenvalue weighted by Crippen LogP contribution is -2.70. The number of piperidine rings is 1. The Balaban J connectivity index is 1.74. The average molecular weight is 574 g/mol. The van der Waals surface area contributed by atoms with Gasteiger partial charge in [0.15, 0.2) is 5.54 Å². The second-order valence-corrected chi connectivity index (χ2v) is 11.0. The second kappa shape index (κ2) is 13.2. The van der Waals surface area contributed by atoms with Crippen molar-refractivity contribution in [3.8, 4) is 0 Å². The number of hydrogen-bond donors (Lipinski definition) is 3. The van der Waals surface area contributed by atoms with Crippen molar-refractivity contribution in [1.29, 1.82) is 0 Å². The normalized spacial score (nSPS) is 20.9. The van der Waals surface area contributed by atoms with E-state index < -0.39 is 29.0 Å². The van der Waals surface area contributed by atoms with Gasteiger partial charge in [0.1, 0.15) is 6.61 Å². The molecular weight excluding hydrogens is 534 g/mol. The first kappa shape index (κ1) is 30.7. The Morgan fingerprint density at radius 2 is 1.60 bits per heavy atom. The number of carboxylic acids is 1. The molecule has 0 radical (unpaired) electrons. The number of rotatable bonds is 10. The number of likely N-dealkylation sites (tertiary alicyclic amines) is 1. The van der Waals surface area contributed by atoms with Crippen LogP contribution in [0.25, 0.3) is 0 Å². The van der Waals surface area contributed by atoms with E-state index in [4.69, 9.17) is 15.2 Å². The number of carbonyl (C=O) groups excluding carboxylic acids is 2. The minimum atomic E-state index is -1.75. The third kappa shape index (κ3) is 6.80. The molecule has 2 unspecified atom stereocenters. The lowest BCUT2D eigenvalue weighted by molar-refractivity contribution is -0.154. The quantitative estimate of drug-likeness (QED) is 0.323. The summed E-state index contributed by atoms with van der Waals surface area (Å²) in [6.07, 6.45) is -0.784. The zero-order valence-electron chi connectivity index (χ0n) is 24.3. The Bertz CT molecular complexity index is 1380. The number of hydrogen-bond acceptors (Lipinski definition) is 6. The van der Waals surface area contributed by atoms with Crippen molar-refractivity contribution < 1.29 is 29.0 Å². The molecule has 4 rings (SSSR count). The van der Waals surface area contributed by atoms with Crippen LogP contribution in [0.3, 0.4) is 0 Å². The summed E-state index contributed by atoms with van der Waals surface area (Å²) < 4.78 is 12.3. The van der Waals surface area contributed by atoms with Crippen molar-refractivity contribution in [1.82, 2.24) is 10.2 Å². The van der Waals surface area contributed by atoms with Crippen molar-refractivity contribution in [3.63, 3.8) is 0 Å². The smallest absolute Gasteiger partial charge is 0.411 e. The molecule has 1 aliphatic rings. The minimum absolute atomic E-state index is 0.00387. The highest BCUT2D eigenvalue weighted by Crippen LogP contribution is 2.43. The van der Waals surface area contributed by atoms with Gasteiger partial charge in [0.2, 0.25) is 5.91 Å². The number of carbonyl (C=O) groups is 3. The van der Waals surface area contributed by atoms with E-state index in [0.29, 0.717) is 0 Å². The number of nitrogens with one attached hydrogen (secondary N) is 1. The van der Waals surface area contributed by atoms with E-state index in [2.05, 4.69) is 23.5 Å². The molecule has 1 fully saturated rings. The molecule has 0 aliphatic carbocycles. The summed E-state index contributed by atoms with van der Waals surface area (Å²) in [5.74, 6) is -1.88. The van der Waals surface area contributed by atoms with Crippen LogP contribution >= 0.6 is 0 Å². The Morgan fingerprint density at radius 3 is 2.19 bits per heavy atom. The number of amides is 2. The van der Waals surface area contributed by atoms with Crippen LogP contribution < -0.4 is 11.1 Å². The summed E-state index contributed by atoms with van der Waals surface area (Å²) in [5, 5.41) is 12.9. The lowest BCUT2D eigenvalue weighted by Gasteiger charge is -2.52. The molecule has 222 valence electrons. The van der Waals surface area contributed by atoms with Gasteiger partial charge in [0.25, 0.3) is 0 Å². The predicted molar refractivity (Wildman–Crippen MR) is 159 cm³/mol. The van der Waals surface area contributed by atoms with E-state index in [9.17, 15) is 19.5 Å². The molecule has 3 aromatic carbocycles. The zero-order valence-corrected chi connectivity index (χ0v) is 24.3. The fourth-order valence-electron chi connectivity index (χ4n) is 5.63. The van der Waals surface area contributed by atoms with E-state index >= 15 is 0 Å². The summed E-state index contributed by atoms with van der Waals surface area (Å²) in [6.45, 7) is 5.37. The van der Waals surface area contributed by atoms with Crippen LogP contribution in [0.2, 0.25) is 0 Å². The standard InChI is InChI=1S/C33H39N3O6/c1-23-16-24(2)18-27(17-23)25(3)42-22-33(28-12-8-5-9-13-28)15-14-32(30(38)39,35-29(37)19-34)21-36(33)31(40)41-20-26-10-6-4-7-11-26/h4-13,16-18,25H,14-15,19-22,34H2,1-3H3,(H,35,37)(H,38,39)/t25?,32?,33-/m1/s1. The van der Waals surface area contributed by atoms with Crippen LogP contribution in [-0.2, 0) is 31.2 Å². The number of nitrogens with two attached hydrogens (primary N) is 1. The minimum Gasteiger partial charge on any atom is -0.479 e. The van der Waals surface area contributed by atoms with E-state index in [1.807, 2.05) is 81.4 Å². The largest absolute Gasteiger partial charge is 0.479 e. The van der Waals surface area contributed by atoms with Crippen molar-refractivity contribution in [2.24, 2.45) is 5.73 Å². The molecule has 0 spiro atoms. The number of aryl methyl sites for hydroxylation is 2. The van der Waals surface area contributed by atoms with Gasteiger partial charge in [-0.3, -0.25) is 9.69 Å². The molecule has 3 atom stereocenters. The molecule has 0 saturated carbocycles.